The molecular formula is C16H18N4. The van der Waals surface area contributed by atoms with Crippen LogP contribution in [0.5, 0.6) is 0 Å². The number of pyridine rings is 1. The zero-order valence-corrected chi connectivity index (χ0v) is 12.0. The van der Waals surface area contributed by atoms with Crippen LogP contribution >= 0.6 is 0 Å². The highest BCUT2D eigenvalue weighted by Gasteiger charge is 2.09. The van der Waals surface area contributed by atoms with Crippen molar-refractivity contribution in [1.29, 1.82) is 0 Å². The van der Waals surface area contributed by atoms with Gasteiger partial charge in [-0.2, -0.15) is 5.10 Å². The van der Waals surface area contributed by atoms with Crippen molar-refractivity contribution < 1.29 is 0 Å². The van der Waals surface area contributed by atoms with Crippen molar-refractivity contribution in [2.24, 2.45) is 7.05 Å². The lowest BCUT2D eigenvalue weighted by molar-refractivity contribution is 0.730. The fraction of sp³-hybridized carbons (Fsp3) is 0.250. The molecule has 0 spiro atoms. The molecule has 0 atom stereocenters. The molecule has 0 aliphatic carbocycles. The van der Waals surface area contributed by atoms with E-state index in [0.29, 0.717) is 0 Å². The van der Waals surface area contributed by atoms with E-state index in [-0.39, 0.29) is 0 Å². The number of hydrogen-bond donors (Lipinski definition) is 1. The third kappa shape index (κ3) is 2.25. The maximum atomic E-state index is 4.45. The van der Waals surface area contributed by atoms with Crippen molar-refractivity contribution in [1.82, 2.24) is 14.8 Å². The van der Waals surface area contributed by atoms with Crippen LogP contribution in [0.4, 0.5) is 5.82 Å². The van der Waals surface area contributed by atoms with Gasteiger partial charge in [0, 0.05) is 36.4 Å². The van der Waals surface area contributed by atoms with Crippen LogP contribution in [0, 0.1) is 13.8 Å². The standard InChI is InChI=1S/C16H18N4/c1-11-15(12(2)20(3)19-11)10-18-16-8-13-6-4-5-7-14(13)9-17-16/h4-9H,10H2,1-3H3,(H,17,18). The topological polar surface area (TPSA) is 42.7 Å². The van der Waals surface area contributed by atoms with Crippen LogP contribution in [-0.4, -0.2) is 14.8 Å². The second-order valence-corrected chi connectivity index (χ2v) is 5.04. The van der Waals surface area contributed by atoms with E-state index in [2.05, 4.69) is 40.5 Å². The van der Waals surface area contributed by atoms with Gasteiger partial charge in [-0.1, -0.05) is 24.3 Å². The predicted molar refractivity (Wildman–Crippen MR) is 81.8 cm³/mol. The number of anilines is 1. The highest BCUT2D eigenvalue weighted by atomic mass is 15.3. The average molecular weight is 266 g/mol. The maximum Gasteiger partial charge on any atom is 0.126 e. The number of aryl methyl sites for hydroxylation is 2. The average Bonchev–Trinajstić information content (AvgIpc) is 2.70. The zero-order chi connectivity index (χ0) is 14.1. The van der Waals surface area contributed by atoms with Gasteiger partial charge in [-0.3, -0.25) is 4.68 Å². The summed E-state index contributed by atoms with van der Waals surface area (Å²) < 4.78 is 1.92. The molecule has 0 aliphatic heterocycles. The molecule has 0 unspecified atom stereocenters. The summed E-state index contributed by atoms with van der Waals surface area (Å²) in [6.45, 7) is 4.87. The second-order valence-electron chi connectivity index (χ2n) is 5.04. The van der Waals surface area contributed by atoms with E-state index < -0.39 is 0 Å². The highest BCUT2D eigenvalue weighted by molar-refractivity contribution is 5.83. The van der Waals surface area contributed by atoms with Crippen molar-refractivity contribution in [3.8, 4) is 0 Å². The minimum atomic E-state index is 0.747. The number of benzene rings is 1. The Labute approximate surface area is 118 Å². The van der Waals surface area contributed by atoms with Gasteiger partial charge < -0.3 is 5.32 Å². The fourth-order valence-electron chi connectivity index (χ4n) is 2.43. The fourth-order valence-corrected chi connectivity index (χ4v) is 2.43. The molecule has 0 aliphatic rings. The first-order valence-corrected chi connectivity index (χ1v) is 6.73. The molecule has 2 aromatic heterocycles. The Bertz CT molecular complexity index is 758. The monoisotopic (exact) mass is 266 g/mol. The highest BCUT2D eigenvalue weighted by Crippen LogP contribution is 2.18. The van der Waals surface area contributed by atoms with Crippen LogP contribution in [0.1, 0.15) is 17.0 Å². The smallest absolute Gasteiger partial charge is 0.126 e. The van der Waals surface area contributed by atoms with Crippen molar-refractivity contribution in [2.75, 3.05) is 5.32 Å². The van der Waals surface area contributed by atoms with Gasteiger partial charge in [-0.25, -0.2) is 4.98 Å². The second kappa shape index (κ2) is 4.96. The first kappa shape index (κ1) is 12.7. The van der Waals surface area contributed by atoms with Crippen LogP contribution in [0.25, 0.3) is 10.8 Å². The third-order valence-corrected chi connectivity index (χ3v) is 3.74. The molecule has 2 heterocycles. The number of fused-ring (bicyclic) bond motifs is 1. The SMILES string of the molecule is Cc1nn(C)c(C)c1CNc1cc2ccccc2cn1. The Balaban J connectivity index is 1.83. The molecule has 4 heteroatoms. The molecule has 0 radical (unpaired) electrons. The van der Waals surface area contributed by atoms with E-state index in [1.54, 1.807) is 0 Å². The Morgan fingerprint density at radius 2 is 1.90 bits per heavy atom. The summed E-state index contributed by atoms with van der Waals surface area (Å²) in [7, 11) is 1.97. The molecule has 1 aromatic carbocycles. The molecule has 0 amide bonds. The lowest BCUT2D eigenvalue weighted by Crippen LogP contribution is -2.03. The Hall–Kier alpha value is -2.36. The van der Waals surface area contributed by atoms with Crippen molar-refractivity contribution in [3.63, 3.8) is 0 Å². The number of rotatable bonds is 3. The molecule has 102 valence electrons. The third-order valence-electron chi connectivity index (χ3n) is 3.74. The summed E-state index contributed by atoms with van der Waals surface area (Å²) in [6, 6.07) is 10.3. The van der Waals surface area contributed by atoms with Crippen LogP contribution < -0.4 is 5.32 Å². The van der Waals surface area contributed by atoms with Gasteiger partial charge in [0.1, 0.15) is 5.82 Å². The van der Waals surface area contributed by atoms with Crippen molar-refractivity contribution in [3.05, 3.63) is 53.5 Å². The molecule has 3 rings (SSSR count). The van der Waals surface area contributed by atoms with E-state index in [9.17, 15) is 0 Å². The summed E-state index contributed by atoms with van der Waals surface area (Å²) in [4.78, 5) is 4.45. The van der Waals surface area contributed by atoms with Crippen LogP contribution in [0.3, 0.4) is 0 Å². The molecule has 0 fully saturated rings. The summed E-state index contributed by atoms with van der Waals surface area (Å²) in [6.07, 6.45) is 1.90. The van der Waals surface area contributed by atoms with Gasteiger partial charge in [0.15, 0.2) is 0 Å². The van der Waals surface area contributed by atoms with Crippen LogP contribution in [0.15, 0.2) is 36.5 Å². The van der Waals surface area contributed by atoms with Crippen LogP contribution in [-0.2, 0) is 13.6 Å². The largest absolute Gasteiger partial charge is 0.366 e. The molecular weight excluding hydrogens is 248 g/mol. The van der Waals surface area contributed by atoms with E-state index in [1.165, 1.54) is 16.6 Å². The van der Waals surface area contributed by atoms with Crippen LogP contribution in [0.2, 0.25) is 0 Å². The van der Waals surface area contributed by atoms with Gasteiger partial charge in [0.2, 0.25) is 0 Å². The number of aromatic nitrogens is 3. The normalized spacial score (nSPS) is 10.9. The lowest BCUT2D eigenvalue weighted by Gasteiger charge is -2.07. The maximum absolute atomic E-state index is 4.45. The summed E-state index contributed by atoms with van der Waals surface area (Å²) in [5.41, 5.74) is 3.50. The first-order chi connectivity index (χ1) is 9.65. The van der Waals surface area contributed by atoms with Crippen molar-refractivity contribution in [2.45, 2.75) is 20.4 Å². The minimum Gasteiger partial charge on any atom is -0.366 e. The Kier molecular flexibility index (Phi) is 3.14. The molecule has 1 N–H and O–H groups in total. The summed E-state index contributed by atoms with van der Waals surface area (Å²) in [5, 5.41) is 10.2. The van der Waals surface area contributed by atoms with Gasteiger partial charge in [-0.15, -0.1) is 0 Å². The first-order valence-electron chi connectivity index (χ1n) is 6.73. The van der Waals surface area contributed by atoms with Gasteiger partial charge in [0.25, 0.3) is 0 Å². The number of hydrogen-bond acceptors (Lipinski definition) is 3. The van der Waals surface area contributed by atoms with Crippen molar-refractivity contribution >= 4 is 16.6 Å². The Morgan fingerprint density at radius 3 is 2.60 bits per heavy atom. The number of nitrogens with zero attached hydrogens (tertiary/aromatic N) is 3. The molecule has 0 saturated carbocycles. The lowest BCUT2D eigenvalue weighted by atomic mass is 10.1. The molecule has 0 bridgehead atoms. The van der Waals surface area contributed by atoms with E-state index in [1.807, 2.05) is 37.0 Å². The molecule has 0 saturated heterocycles. The van der Waals surface area contributed by atoms with E-state index in [0.717, 1.165) is 23.4 Å². The van der Waals surface area contributed by atoms with E-state index in [4.69, 9.17) is 0 Å². The minimum absolute atomic E-state index is 0.747. The molecule has 20 heavy (non-hydrogen) atoms. The Morgan fingerprint density at radius 1 is 1.15 bits per heavy atom. The van der Waals surface area contributed by atoms with Gasteiger partial charge >= 0.3 is 0 Å². The van der Waals surface area contributed by atoms with Gasteiger partial charge in [0.05, 0.1) is 5.69 Å². The van der Waals surface area contributed by atoms with Gasteiger partial charge in [-0.05, 0) is 25.3 Å². The number of nitrogens with one attached hydrogen (secondary N) is 1. The zero-order valence-electron chi connectivity index (χ0n) is 12.0. The summed E-state index contributed by atoms with van der Waals surface area (Å²) in [5.74, 6) is 0.895. The van der Waals surface area contributed by atoms with E-state index >= 15 is 0 Å². The molecule has 3 aromatic rings. The molecule has 4 nitrogen and oxygen atoms in total. The predicted octanol–water partition coefficient (Wildman–Crippen LogP) is 3.20. The quantitative estimate of drug-likeness (QED) is 0.791. The summed E-state index contributed by atoms with van der Waals surface area (Å²) >= 11 is 0.